The minimum absolute atomic E-state index is 0.481. The standard InChI is InChI=1S/C17H14ClN3/c18-16-9-14(6-5-12(16)10-19)20-8-7-13-11-21-17-4-2-1-3-15(13)17/h1-6,9,11,20-21H,7-8H2. The van der Waals surface area contributed by atoms with Crippen molar-refractivity contribution in [1.29, 1.82) is 5.26 Å². The number of anilines is 1. The number of hydrogen-bond donors (Lipinski definition) is 2. The van der Waals surface area contributed by atoms with Gasteiger partial charge in [-0.2, -0.15) is 5.26 Å². The van der Waals surface area contributed by atoms with E-state index in [-0.39, 0.29) is 0 Å². The minimum Gasteiger partial charge on any atom is -0.385 e. The van der Waals surface area contributed by atoms with Crippen molar-refractivity contribution in [3.8, 4) is 6.07 Å². The molecule has 0 radical (unpaired) electrons. The van der Waals surface area contributed by atoms with E-state index in [1.165, 1.54) is 10.9 Å². The Morgan fingerprint density at radius 3 is 2.86 bits per heavy atom. The van der Waals surface area contributed by atoms with E-state index < -0.39 is 0 Å². The number of fused-ring (bicyclic) bond motifs is 1. The second-order valence-corrected chi connectivity index (χ2v) is 5.25. The van der Waals surface area contributed by atoms with Crippen molar-refractivity contribution in [2.75, 3.05) is 11.9 Å². The van der Waals surface area contributed by atoms with E-state index >= 15 is 0 Å². The first kappa shape index (κ1) is 13.5. The molecule has 0 aliphatic heterocycles. The highest BCUT2D eigenvalue weighted by Gasteiger charge is 2.03. The maximum absolute atomic E-state index is 8.85. The second-order valence-electron chi connectivity index (χ2n) is 4.84. The lowest BCUT2D eigenvalue weighted by molar-refractivity contribution is 1.03. The smallest absolute Gasteiger partial charge is 0.101 e. The van der Waals surface area contributed by atoms with E-state index in [0.29, 0.717) is 10.6 Å². The van der Waals surface area contributed by atoms with E-state index in [0.717, 1.165) is 24.2 Å². The molecule has 0 spiro atoms. The Kier molecular flexibility index (Phi) is 3.81. The summed E-state index contributed by atoms with van der Waals surface area (Å²) in [7, 11) is 0. The Bertz CT molecular complexity index is 814. The Hall–Kier alpha value is -2.44. The molecule has 2 N–H and O–H groups in total. The van der Waals surface area contributed by atoms with Crippen LogP contribution < -0.4 is 5.32 Å². The molecule has 21 heavy (non-hydrogen) atoms. The van der Waals surface area contributed by atoms with E-state index in [1.807, 2.05) is 18.2 Å². The Balaban J connectivity index is 1.66. The summed E-state index contributed by atoms with van der Waals surface area (Å²) in [5, 5.41) is 13.9. The molecular weight excluding hydrogens is 282 g/mol. The van der Waals surface area contributed by atoms with Crippen molar-refractivity contribution in [3.63, 3.8) is 0 Å². The SMILES string of the molecule is N#Cc1ccc(NCCc2c[nH]c3ccccc23)cc1Cl. The summed E-state index contributed by atoms with van der Waals surface area (Å²) in [6.45, 7) is 0.810. The lowest BCUT2D eigenvalue weighted by Crippen LogP contribution is -2.04. The van der Waals surface area contributed by atoms with Gasteiger partial charge in [-0.25, -0.2) is 0 Å². The molecule has 0 aliphatic rings. The molecule has 1 heterocycles. The fourth-order valence-corrected chi connectivity index (χ4v) is 2.62. The van der Waals surface area contributed by atoms with Crippen LogP contribution in [0.2, 0.25) is 5.02 Å². The number of halogens is 1. The van der Waals surface area contributed by atoms with Gasteiger partial charge in [0.25, 0.3) is 0 Å². The number of nitriles is 1. The van der Waals surface area contributed by atoms with Crippen LogP contribution >= 0.6 is 11.6 Å². The van der Waals surface area contributed by atoms with Crippen molar-refractivity contribution < 1.29 is 0 Å². The number of hydrogen-bond acceptors (Lipinski definition) is 2. The summed E-state index contributed by atoms with van der Waals surface area (Å²) in [4.78, 5) is 3.28. The first-order valence-electron chi connectivity index (χ1n) is 6.76. The summed E-state index contributed by atoms with van der Waals surface area (Å²) >= 11 is 6.02. The molecule has 3 aromatic rings. The van der Waals surface area contributed by atoms with Crippen LogP contribution in [-0.2, 0) is 6.42 Å². The van der Waals surface area contributed by atoms with E-state index in [1.54, 1.807) is 12.1 Å². The van der Waals surface area contributed by atoms with E-state index in [2.05, 4.69) is 34.7 Å². The monoisotopic (exact) mass is 295 g/mol. The molecule has 0 fully saturated rings. The average molecular weight is 296 g/mol. The van der Waals surface area contributed by atoms with Crippen molar-refractivity contribution in [2.45, 2.75) is 6.42 Å². The van der Waals surface area contributed by atoms with Crippen LogP contribution in [0.4, 0.5) is 5.69 Å². The number of nitrogens with zero attached hydrogens (tertiary/aromatic N) is 1. The van der Waals surface area contributed by atoms with Crippen molar-refractivity contribution in [1.82, 2.24) is 4.98 Å². The Labute approximate surface area is 128 Å². The highest BCUT2D eigenvalue weighted by Crippen LogP contribution is 2.21. The zero-order valence-electron chi connectivity index (χ0n) is 11.4. The van der Waals surface area contributed by atoms with Gasteiger partial charge in [-0.1, -0.05) is 29.8 Å². The van der Waals surface area contributed by atoms with Crippen LogP contribution in [0.1, 0.15) is 11.1 Å². The Morgan fingerprint density at radius 2 is 2.05 bits per heavy atom. The number of H-pyrrole nitrogens is 1. The minimum atomic E-state index is 0.481. The molecule has 0 saturated heterocycles. The van der Waals surface area contributed by atoms with Gasteiger partial charge in [-0.15, -0.1) is 0 Å². The first-order valence-corrected chi connectivity index (χ1v) is 7.14. The predicted octanol–water partition coefficient (Wildman–Crippen LogP) is 4.35. The zero-order valence-corrected chi connectivity index (χ0v) is 12.1. The summed E-state index contributed by atoms with van der Waals surface area (Å²) in [6, 6.07) is 15.7. The summed E-state index contributed by atoms with van der Waals surface area (Å²) in [5.41, 5.74) is 3.88. The lowest BCUT2D eigenvalue weighted by atomic mass is 10.1. The maximum Gasteiger partial charge on any atom is 0.101 e. The fourth-order valence-electron chi connectivity index (χ4n) is 2.40. The van der Waals surface area contributed by atoms with Gasteiger partial charge in [0.05, 0.1) is 10.6 Å². The normalized spacial score (nSPS) is 10.5. The van der Waals surface area contributed by atoms with Crippen LogP contribution in [0.25, 0.3) is 10.9 Å². The molecule has 0 saturated carbocycles. The van der Waals surface area contributed by atoms with Crippen LogP contribution in [0.3, 0.4) is 0 Å². The molecule has 3 nitrogen and oxygen atoms in total. The average Bonchev–Trinajstić information content (AvgIpc) is 2.91. The lowest BCUT2D eigenvalue weighted by Gasteiger charge is -2.07. The quantitative estimate of drug-likeness (QED) is 0.752. The largest absolute Gasteiger partial charge is 0.385 e. The van der Waals surface area contributed by atoms with Gasteiger partial charge in [0.1, 0.15) is 6.07 Å². The van der Waals surface area contributed by atoms with Gasteiger partial charge in [-0.05, 0) is 36.2 Å². The van der Waals surface area contributed by atoms with Crippen LogP contribution in [0.15, 0.2) is 48.7 Å². The topological polar surface area (TPSA) is 51.6 Å². The second kappa shape index (κ2) is 5.90. The molecular formula is C17H14ClN3. The van der Waals surface area contributed by atoms with E-state index in [9.17, 15) is 0 Å². The highest BCUT2D eigenvalue weighted by atomic mass is 35.5. The number of aromatic amines is 1. The molecule has 0 atom stereocenters. The molecule has 3 rings (SSSR count). The molecule has 104 valence electrons. The molecule has 0 aliphatic carbocycles. The molecule has 0 bridgehead atoms. The van der Waals surface area contributed by atoms with Crippen LogP contribution in [-0.4, -0.2) is 11.5 Å². The van der Waals surface area contributed by atoms with Crippen molar-refractivity contribution in [3.05, 3.63) is 64.8 Å². The van der Waals surface area contributed by atoms with Crippen molar-refractivity contribution >= 4 is 28.2 Å². The van der Waals surface area contributed by atoms with Gasteiger partial charge in [0, 0.05) is 29.3 Å². The van der Waals surface area contributed by atoms with Gasteiger partial charge < -0.3 is 10.3 Å². The fraction of sp³-hybridized carbons (Fsp3) is 0.118. The third-order valence-electron chi connectivity index (χ3n) is 3.49. The summed E-state index contributed by atoms with van der Waals surface area (Å²) < 4.78 is 0. The third-order valence-corrected chi connectivity index (χ3v) is 3.80. The summed E-state index contributed by atoms with van der Waals surface area (Å²) in [5.74, 6) is 0. The highest BCUT2D eigenvalue weighted by molar-refractivity contribution is 6.32. The van der Waals surface area contributed by atoms with Crippen molar-refractivity contribution in [2.24, 2.45) is 0 Å². The Morgan fingerprint density at radius 1 is 1.19 bits per heavy atom. The number of para-hydroxylation sites is 1. The molecule has 4 heteroatoms. The van der Waals surface area contributed by atoms with Gasteiger partial charge in [-0.3, -0.25) is 0 Å². The molecule has 0 amide bonds. The molecule has 2 aromatic carbocycles. The first-order chi connectivity index (χ1) is 10.3. The molecule has 1 aromatic heterocycles. The zero-order chi connectivity index (χ0) is 14.7. The maximum atomic E-state index is 8.85. The van der Waals surface area contributed by atoms with E-state index in [4.69, 9.17) is 16.9 Å². The number of rotatable bonds is 4. The number of nitrogens with one attached hydrogen (secondary N) is 2. The van der Waals surface area contributed by atoms with Gasteiger partial charge >= 0.3 is 0 Å². The number of aromatic nitrogens is 1. The van der Waals surface area contributed by atoms with Crippen LogP contribution in [0, 0.1) is 11.3 Å². The van der Waals surface area contributed by atoms with Gasteiger partial charge in [0.2, 0.25) is 0 Å². The van der Waals surface area contributed by atoms with Gasteiger partial charge in [0.15, 0.2) is 0 Å². The summed E-state index contributed by atoms with van der Waals surface area (Å²) in [6.07, 6.45) is 2.97. The predicted molar refractivity (Wildman–Crippen MR) is 86.7 cm³/mol. The third kappa shape index (κ3) is 2.86. The van der Waals surface area contributed by atoms with Crippen LogP contribution in [0.5, 0.6) is 0 Å². The number of benzene rings is 2. The molecule has 0 unspecified atom stereocenters.